The van der Waals surface area contributed by atoms with Crippen molar-refractivity contribution >= 4 is 17.7 Å². The van der Waals surface area contributed by atoms with Gasteiger partial charge >= 0.3 is 0 Å². The third kappa shape index (κ3) is 3.02. The van der Waals surface area contributed by atoms with Crippen LogP contribution in [0.5, 0.6) is 0 Å². The monoisotopic (exact) mass is 333 g/mol. The van der Waals surface area contributed by atoms with Crippen molar-refractivity contribution in [1.82, 2.24) is 14.7 Å². The molecule has 0 radical (unpaired) electrons. The molecule has 1 aromatic heterocycles. The summed E-state index contributed by atoms with van der Waals surface area (Å²) in [5, 5.41) is 0. The largest absolute Gasteiger partial charge is 0.472 e. The summed E-state index contributed by atoms with van der Waals surface area (Å²) in [6.45, 7) is 6.66. The van der Waals surface area contributed by atoms with E-state index in [0.29, 0.717) is 51.3 Å². The molecule has 0 aromatic carbocycles. The fraction of sp³-hybridized carbons (Fsp3) is 0.588. The predicted molar refractivity (Wildman–Crippen MR) is 86.2 cm³/mol. The van der Waals surface area contributed by atoms with Crippen molar-refractivity contribution < 1.29 is 18.8 Å². The molecule has 7 nitrogen and oxygen atoms in total. The van der Waals surface area contributed by atoms with Gasteiger partial charge in [0.25, 0.3) is 5.91 Å². The first-order valence-electron chi connectivity index (χ1n) is 8.29. The molecule has 7 heteroatoms. The first kappa shape index (κ1) is 16.5. The summed E-state index contributed by atoms with van der Waals surface area (Å²) in [5.74, 6) is -0.0380. The van der Waals surface area contributed by atoms with Crippen LogP contribution in [0.15, 0.2) is 23.0 Å². The number of hydrogen-bond acceptors (Lipinski definition) is 4. The van der Waals surface area contributed by atoms with Gasteiger partial charge in [0.05, 0.1) is 11.8 Å². The van der Waals surface area contributed by atoms with E-state index in [2.05, 4.69) is 0 Å². The quantitative estimate of drug-likeness (QED) is 0.803. The summed E-state index contributed by atoms with van der Waals surface area (Å²) >= 11 is 0. The second kappa shape index (κ2) is 6.30. The van der Waals surface area contributed by atoms with Crippen LogP contribution in [0, 0.1) is 5.41 Å². The van der Waals surface area contributed by atoms with Crippen molar-refractivity contribution in [2.45, 2.75) is 20.3 Å². The predicted octanol–water partition coefficient (Wildman–Crippen LogP) is 0.823. The first-order chi connectivity index (χ1) is 11.4. The van der Waals surface area contributed by atoms with Crippen molar-refractivity contribution in [2.75, 3.05) is 39.3 Å². The lowest BCUT2D eigenvalue weighted by atomic mass is 9.85. The molecule has 3 heterocycles. The highest BCUT2D eigenvalue weighted by atomic mass is 16.3. The number of nitrogens with zero attached hydrogens (tertiary/aromatic N) is 3. The van der Waals surface area contributed by atoms with E-state index in [0.717, 1.165) is 0 Å². The molecule has 1 aromatic rings. The maximum absolute atomic E-state index is 12.7. The fourth-order valence-corrected chi connectivity index (χ4v) is 3.75. The molecule has 3 rings (SSSR count). The number of rotatable bonds is 2. The zero-order chi connectivity index (χ0) is 17.3. The highest BCUT2D eigenvalue weighted by Gasteiger charge is 2.47. The summed E-state index contributed by atoms with van der Waals surface area (Å²) in [6.07, 6.45) is 3.28. The number of carbonyl (C=O) groups is 3. The van der Waals surface area contributed by atoms with E-state index in [1.165, 1.54) is 19.5 Å². The van der Waals surface area contributed by atoms with E-state index in [1.807, 2.05) is 11.8 Å². The molecule has 24 heavy (non-hydrogen) atoms. The Bertz CT molecular complexity index is 642. The van der Waals surface area contributed by atoms with Crippen molar-refractivity contribution in [1.29, 1.82) is 0 Å². The van der Waals surface area contributed by atoms with Crippen LogP contribution in [-0.2, 0) is 9.59 Å². The van der Waals surface area contributed by atoms with Crippen LogP contribution in [0.3, 0.4) is 0 Å². The van der Waals surface area contributed by atoms with Gasteiger partial charge in [-0.2, -0.15) is 0 Å². The SMILES string of the molecule is CCN1C[C@]2(CC1=O)CN(C(C)=O)CCN(C(=O)c1ccoc1)C2. The molecule has 2 saturated heterocycles. The molecule has 2 aliphatic rings. The Labute approximate surface area is 141 Å². The lowest BCUT2D eigenvalue weighted by Crippen LogP contribution is -2.45. The van der Waals surface area contributed by atoms with Gasteiger partial charge < -0.3 is 19.1 Å². The maximum atomic E-state index is 12.7. The second-order valence-corrected chi connectivity index (χ2v) is 6.76. The van der Waals surface area contributed by atoms with Crippen LogP contribution in [-0.4, -0.2) is 71.7 Å². The normalized spacial score (nSPS) is 24.6. The van der Waals surface area contributed by atoms with Crippen molar-refractivity contribution in [3.63, 3.8) is 0 Å². The van der Waals surface area contributed by atoms with E-state index in [-0.39, 0.29) is 17.7 Å². The number of likely N-dealkylation sites (tertiary alicyclic amines) is 1. The van der Waals surface area contributed by atoms with E-state index in [1.54, 1.807) is 15.9 Å². The summed E-state index contributed by atoms with van der Waals surface area (Å²) < 4.78 is 5.01. The van der Waals surface area contributed by atoms with Crippen LogP contribution in [0.2, 0.25) is 0 Å². The Morgan fingerprint density at radius 2 is 1.92 bits per heavy atom. The smallest absolute Gasteiger partial charge is 0.257 e. The molecule has 0 bridgehead atoms. The summed E-state index contributed by atoms with van der Waals surface area (Å²) in [4.78, 5) is 42.3. The van der Waals surface area contributed by atoms with Crippen molar-refractivity contribution in [2.24, 2.45) is 5.41 Å². The zero-order valence-electron chi connectivity index (χ0n) is 14.2. The van der Waals surface area contributed by atoms with Crippen molar-refractivity contribution in [3.05, 3.63) is 24.2 Å². The standard InChI is InChI=1S/C17H23N3O4/c1-3-18-10-17(8-15(18)22)11-19(13(2)21)5-6-20(12-17)16(23)14-4-7-24-9-14/h4,7,9H,3,5-6,8,10-12H2,1-2H3/t17-/m1/s1. The van der Waals surface area contributed by atoms with Gasteiger partial charge in [-0.1, -0.05) is 0 Å². The van der Waals surface area contributed by atoms with Gasteiger partial charge in [-0.25, -0.2) is 0 Å². The van der Waals surface area contributed by atoms with Gasteiger partial charge in [0, 0.05) is 58.0 Å². The number of carbonyl (C=O) groups excluding carboxylic acids is 3. The Hall–Kier alpha value is -2.31. The third-order valence-electron chi connectivity index (χ3n) is 4.98. The molecule has 3 amide bonds. The van der Waals surface area contributed by atoms with Gasteiger partial charge in [0.15, 0.2) is 0 Å². The van der Waals surface area contributed by atoms with Crippen LogP contribution in [0.25, 0.3) is 0 Å². The Morgan fingerprint density at radius 1 is 1.21 bits per heavy atom. The van der Waals surface area contributed by atoms with E-state index < -0.39 is 5.41 Å². The van der Waals surface area contributed by atoms with Gasteiger partial charge in [-0.05, 0) is 13.0 Å². The van der Waals surface area contributed by atoms with Crippen molar-refractivity contribution in [3.8, 4) is 0 Å². The van der Waals surface area contributed by atoms with Gasteiger partial charge in [0.1, 0.15) is 6.26 Å². The molecular formula is C17H23N3O4. The minimum Gasteiger partial charge on any atom is -0.472 e. The Kier molecular flexibility index (Phi) is 4.34. The van der Waals surface area contributed by atoms with Gasteiger partial charge in [-0.3, -0.25) is 14.4 Å². The van der Waals surface area contributed by atoms with Crippen LogP contribution >= 0.6 is 0 Å². The minimum absolute atomic E-state index is 0.0191. The minimum atomic E-state index is -0.394. The molecule has 0 N–H and O–H groups in total. The van der Waals surface area contributed by atoms with Gasteiger partial charge in [-0.15, -0.1) is 0 Å². The maximum Gasteiger partial charge on any atom is 0.257 e. The lowest BCUT2D eigenvalue weighted by molar-refractivity contribution is -0.130. The van der Waals surface area contributed by atoms with Crippen LogP contribution in [0.4, 0.5) is 0 Å². The fourth-order valence-electron chi connectivity index (χ4n) is 3.75. The van der Waals surface area contributed by atoms with E-state index in [4.69, 9.17) is 4.42 Å². The molecule has 0 unspecified atom stereocenters. The molecule has 1 spiro atoms. The molecule has 1 atom stereocenters. The van der Waals surface area contributed by atoms with E-state index >= 15 is 0 Å². The highest BCUT2D eigenvalue weighted by molar-refractivity contribution is 5.94. The van der Waals surface area contributed by atoms with Gasteiger partial charge in [0.2, 0.25) is 11.8 Å². The topological polar surface area (TPSA) is 74.1 Å². The zero-order valence-corrected chi connectivity index (χ0v) is 14.2. The van der Waals surface area contributed by atoms with Crippen LogP contribution in [0.1, 0.15) is 30.6 Å². The first-order valence-corrected chi connectivity index (χ1v) is 8.29. The number of hydrogen-bond donors (Lipinski definition) is 0. The third-order valence-corrected chi connectivity index (χ3v) is 4.98. The molecular weight excluding hydrogens is 310 g/mol. The molecule has 0 aliphatic carbocycles. The van der Waals surface area contributed by atoms with Crippen LogP contribution < -0.4 is 0 Å². The summed E-state index contributed by atoms with van der Waals surface area (Å²) in [6, 6.07) is 1.64. The van der Waals surface area contributed by atoms with E-state index in [9.17, 15) is 14.4 Å². The molecule has 2 aliphatic heterocycles. The molecule has 130 valence electrons. The summed E-state index contributed by atoms with van der Waals surface area (Å²) in [7, 11) is 0. The Morgan fingerprint density at radius 3 is 2.50 bits per heavy atom. The average molecular weight is 333 g/mol. The molecule has 2 fully saturated rings. The Balaban J connectivity index is 1.87. The lowest BCUT2D eigenvalue weighted by Gasteiger charge is -2.33. The molecule has 0 saturated carbocycles. The highest BCUT2D eigenvalue weighted by Crippen LogP contribution is 2.35. The number of furan rings is 1. The number of amides is 3. The summed E-state index contributed by atoms with van der Waals surface area (Å²) in [5.41, 5.74) is 0.104. The second-order valence-electron chi connectivity index (χ2n) is 6.76. The average Bonchev–Trinajstić information content (AvgIpc) is 3.12.